The molecule has 3 N–H and O–H groups in total. The Morgan fingerprint density at radius 3 is 2.65 bits per heavy atom. The van der Waals surface area contributed by atoms with Crippen LogP contribution in [0.1, 0.15) is 27.2 Å². The molecule has 0 fully saturated rings. The highest BCUT2D eigenvalue weighted by atomic mass is 16.6. The first kappa shape index (κ1) is 20.0. The van der Waals surface area contributed by atoms with Crippen LogP contribution in [-0.2, 0) is 9.59 Å². The molecule has 7 nitrogen and oxygen atoms in total. The molecule has 7 heteroatoms. The third-order valence-corrected chi connectivity index (χ3v) is 4.27. The third kappa shape index (κ3) is 5.36. The summed E-state index contributed by atoms with van der Waals surface area (Å²) in [5.74, 6) is 0.954. The molecule has 0 saturated carbocycles. The highest BCUT2D eigenvalue weighted by molar-refractivity contribution is 5.87. The Hall–Kier alpha value is -2.28. The van der Waals surface area contributed by atoms with Crippen molar-refractivity contribution in [3.8, 4) is 11.5 Å². The maximum absolute atomic E-state index is 12.5. The lowest BCUT2D eigenvalue weighted by atomic mass is 10.1. The van der Waals surface area contributed by atoms with Crippen molar-refractivity contribution in [1.29, 1.82) is 0 Å². The van der Waals surface area contributed by atoms with Crippen molar-refractivity contribution in [2.24, 2.45) is 11.7 Å². The minimum atomic E-state index is -0.617. The molecular weight excluding hydrogens is 334 g/mol. The van der Waals surface area contributed by atoms with Crippen LogP contribution in [-0.4, -0.2) is 55.1 Å². The fraction of sp³-hybridized carbons (Fsp3) is 0.579. The van der Waals surface area contributed by atoms with Crippen LogP contribution in [0.15, 0.2) is 24.3 Å². The standard InChI is InChI=1S/C19H29N3O4/c1-4-9-22(17(23)10-21-19(24)18(20)13(2)3)11-14-12-25-15-7-5-6-8-16(15)26-14/h5-8,13-14,18H,4,9-12,20H2,1-3H3,(H,21,24)/t14?,18-/m0/s1. The van der Waals surface area contributed by atoms with E-state index in [2.05, 4.69) is 5.32 Å². The summed E-state index contributed by atoms with van der Waals surface area (Å²) < 4.78 is 11.6. The van der Waals surface area contributed by atoms with Crippen LogP contribution in [0.5, 0.6) is 11.5 Å². The highest BCUT2D eigenvalue weighted by Gasteiger charge is 2.26. The zero-order valence-corrected chi connectivity index (χ0v) is 15.7. The highest BCUT2D eigenvalue weighted by Crippen LogP contribution is 2.31. The molecule has 1 aliphatic rings. The molecule has 0 spiro atoms. The van der Waals surface area contributed by atoms with Gasteiger partial charge < -0.3 is 25.4 Å². The van der Waals surface area contributed by atoms with Crippen molar-refractivity contribution in [3.05, 3.63) is 24.3 Å². The van der Waals surface area contributed by atoms with Crippen LogP contribution in [0.3, 0.4) is 0 Å². The first-order valence-electron chi connectivity index (χ1n) is 9.12. The summed E-state index contributed by atoms with van der Waals surface area (Å²) in [4.78, 5) is 26.2. The normalized spacial score (nSPS) is 16.9. The minimum Gasteiger partial charge on any atom is -0.486 e. The topological polar surface area (TPSA) is 93.9 Å². The van der Waals surface area contributed by atoms with Gasteiger partial charge in [0.25, 0.3) is 0 Å². The van der Waals surface area contributed by atoms with Gasteiger partial charge in [0, 0.05) is 6.54 Å². The average molecular weight is 363 g/mol. The van der Waals surface area contributed by atoms with Gasteiger partial charge in [-0.2, -0.15) is 0 Å². The Bertz CT molecular complexity index is 621. The monoisotopic (exact) mass is 363 g/mol. The van der Waals surface area contributed by atoms with Crippen LogP contribution >= 0.6 is 0 Å². The largest absolute Gasteiger partial charge is 0.486 e. The maximum Gasteiger partial charge on any atom is 0.242 e. The quantitative estimate of drug-likeness (QED) is 0.723. The van der Waals surface area contributed by atoms with E-state index in [1.54, 1.807) is 4.90 Å². The summed E-state index contributed by atoms with van der Waals surface area (Å²) in [5.41, 5.74) is 5.80. The molecule has 0 aliphatic carbocycles. The van der Waals surface area contributed by atoms with Gasteiger partial charge in [-0.05, 0) is 24.5 Å². The second-order valence-corrected chi connectivity index (χ2v) is 6.82. The number of carbonyl (C=O) groups excluding carboxylic acids is 2. The van der Waals surface area contributed by atoms with Gasteiger partial charge in [-0.15, -0.1) is 0 Å². The smallest absolute Gasteiger partial charge is 0.242 e. The molecule has 1 aromatic carbocycles. The van der Waals surface area contributed by atoms with E-state index in [-0.39, 0.29) is 30.4 Å². The molecule has 0 saturated heterocycles. The fourth-order valence-electron chi connectivity index (χ4n) is 2.68. The summed E-state index contributed by atoms with van der Waals surface area (Å²) in [6, 6.07) is 6.86. The molecular formula is C19H29N3O4. The number of rotatable bonds is 8. The zero-order valence-electron chi connectivity index (χ0n) is 15.7. The van der Waals surface area contributed by atoms with E-state index in [1.165, 1.54) is 0 Å². The van der Waals surface area contributed by atoms with E-state index in [4.69, 9.17) is 15.2 Å². The predicted octanol–water partition coefficient (Wildman–Crippen LogP) is 1.16. The summed E-state index contributed by atoms with van der Waals surface area (Å²) in [6.45, 7) is 7.06. The van der Waals surface area contributed by atoms with Crippen molar-refractivity contribution in [1.82, 2.24) is 10.2 Å². The van der Waals surface area contributed by atoms with Crippen molar-refractivity contribution in [2.45, 2.75) is 39.3 Å². The van der Waals surface area contributed by atoms with Gasteiger partial charge in [-0.1, -0.05) is 32.9 Å². The van der Waals surface area contributed by atoms with Crippen molar-refractivity contribution < 1.29 is 19.1 Å². The van der Waals surface area contributed by atoms with E-state index >= 15 is 0 Å². The predicted molar refractivity (Wildman–Crippen MR) is 99.0 cm³/mol. The molecule has 0 radical (unpaired) electrons. The first-order chi connectivity index (χ1) is 12.4. The Kier molecular flexibility index (Phi) is 7.26. The number of nitrogens with one attached hydrogen (secondary N) is 1. The molecule has 0 aromatic heterocycles. The number of carbonyl (C=O) groups is 2. The van der Waals surface area contributed by atoms with Crippen LogP contribution in [0.4, 0.5) is 0 Å². The van der Waals surface area contributed by atoms with Crippen LogP contribution in [0, 0.1) is 5.92 Å². The van der Waals surface area contributed by atoms with E-state index in [0.29, 0.717) is 31.2 Å². The second-order valence-electron chi connectivity index (χ2n) is 6.82. The number of nitrogens with zero attached hydrogens (tertiary/aromatic N) is 1. The third-order valence-electron chi connectivity index (χ3n) is 4.27. The molecule has 2 rings (SSSR count). The second kappa shape index (κ2) is 9.43. The lowest BCUT2D eigenvalue weighted by molar-refractivity contribution is -0.134. The SMILES string of the molecule is CCCN(CC1COc2ccccc2O1)C(=O)CNC(=O)[C@@H](N)C(C)C. The summed E-state index contributed by atoms with van der Waals surface area (Å²) in [5, 5.41) is 2.63. The number of fused-ring (bicyclic) bond motifs is 1. The van der Waals surface area contributed by atoms with Gasteiger partial charge in [0.15, 0.2) is 17.6 Å². The van der Waals surface area contributed by atoms with Crippen molar-refractivity contribution >= 4 is 11.8 Å². The molecule has 1 unspecified atom stereocenters. The van der Waals surface area contributed by atoms with Gasteiger partial charge in [0.2, 0.25) is 11.8 Å². The number of para-hydroxylation sites is 2. The molecule has 2 atom stereocenters. The molecule has 0 bridgehead atoms. The Morgan fingerprint density at radius 2 is 2.00 bits per heavy atom. The molecule has 1 aliphatic heterocycles. The van der Waals surface area contributed by atoms with Gasteiger partial charge >= 0.3 is 0 Å². The summed E-state index contributed by atoms with van der Waals surface area (Å²) in [6.07, 6.45) is 0.573. The van der Waals surface area contributed by atoms with Crippen LogP contribution in [0.25, 0.3) is 0 Å². The maximum atomic E-state index is 12.5. The number of benzene rings is 1. The van der Waals surface area contributed by atoms with Gasteiger partial charge in [0.1, 0.15) is 6.61 Å². The molecule has 26 heavy (non-hydrogen) atoms. The Labute approximate surface area is 154 Å². The molecule has 1 aromatic rings. The number of amides is 2. The fourth-order valence-corrected chi connectivity index (χ4v) is 2.68. The Morgan fingerprint density at radius 1 is 1.31 bits per heavy atom. The van der Waals surface area contributed by atoms with E-state index in [1.807, 2.05) is 45.0 Å². The van der Waals surface area contributed by atoms with E-state index < -0.39 is 6.04 Å². The average Bonchev–Trinajstić information content (AvgIpc) is 2.64. The summed E-state index contributed by atoms with van der Waals surface area (Å²) >= 11 is 0. The Balaban J connectivity index is 1.90. The van der Waals surface area contributed by atoms with Crippen LogP contribution in [0.2, 0.25) is 0 Å². The van der Waals surface area contributed by atoms with Crippen molar-refractivity contribution in [3.63, 3.8) is 0 Å². The van der Waals surface area contributed by atoms with Crippen LogP contribution < -0.4 is 20.5 Å². The van der Waals surface area contributed by atoms with E-state index in [0.717, 1.165) is 6.42 Å². The molecule has 144 valence electrons. The van der Waals surface area contributed by atoms with Gasteiger partial charge in [0.05, 0.1) is 19.1 Å². The first-order valence-corrected chi connectivity index (χ1v) is 9.12. The lowest BCUT2D eigenvalue weighted by Crippen LogP contribution is -2.50. The lowest BCUT2D eigenvalue weighted by Gasteiger charge is -2.31. The van der Waals surface area contributed by atoms with Gasteiger partial charge in [-0.3, -0.25) is 9.59 Å². The van der Waals surface area contributed by atoms with E-state index in [9.17, 15) is 9.59 Å². The van der Waals surface area contributed by atoms with Gasteiger partial charge in [-0.25, -0.2) is 0 Å². The zero-order chi connectivity index (χ0) is 19.1. The number of hydrogen-bond donors (Lipinski definition) is 2. The van der Waals surface area contributed by atoms with Crippen molar-refractivity contribution in [2.75, 3.05) is 26.2 Å². The number of ether oxygens (including phenoxy) is 2. The number of nitrogens with two attached hydrogens (primary N) is 1. The number of hydrogen-bond acceptors (Lipinski definition) is 5. The molecule has 1 heterocycles. The minimum absolute atomic E-state index is 0.0182. The summed E-state index contributed by atoms with van der Waals surface area (Å²) in [7, 11) is 0. The molecule has 2 amide bonds.